The third-order valence-corrected chi connectivity index (χ3v) is 4.76. The monoisotopic (exact) mass is 401 g/mol. The number of ether oxygens (including phenoxy) is 1. The maximum atomic E-state index is 12.3. The van der Waals surface area contributed by atoms with E-state index in [9.17, 15) is 14.4 Å². The van der Waals surface area contributed by atoms with Crippen LogP contribution in [0.4, 0.5) is 4.79 Å². The number of hydrogen-bond acceptors (Lipinski definition) is 5. The summed E-state index contributed by atoms with van der Waals surface area (Å²) in [6.45, 7) is -0.196. The standard InChI is InChI=1S/C20H23N3O4S/c21-18(24)11-22-19(25)17(14-28-13-16-9-5-2-6-10-16)23-20(26)27-12-15-7-3-1-4-8-15/h1-10,17H,11-14H2,(H2,21,24)(H,22,25)(H,23,26)/t17-/m0/s1. The fraction of sp³-hybridized carbons (Fsp3) is 0.250. The third kappa shape index (κ3) is 8.13. The smallest absolute Gasteiger partial charge is 0.408 e. The maximum absolute atomic E-state index is 12.3. The first kappa shape index (κ1) is 21.3. The Hall–Kier alpha value is -3.00. The van der Waals surface area contributed by atoms with E-state index in [-0.39, 0.29) is 13.2 Å². The zero-order chi connectivity index (χ0) is 20.2. The van der Waals surface area contributed by atoms with Crippen LogP contribution in [-0.4, -0.2) is 36.2 Å². The van der Waals surface area contributed by atoms with E-state index in [1.807, 2.05) is 60.7 Å². The van der Waals surface area contributed by atoms with Crippen LogP contribution < -0.4 is 16.4 Å². The number of amides is 3. The van der Waals surface area contributed by atoms with Crippen molar-refractivity contribution in [3.63, 3.8) is 0 Å². The first-order valence-electron chi connectivity index (χ1n) is 8.69. The molecule has 0 aliphatic rings. The van der Waals surface area contributed by atoms with Crippen LogP contribution in [0.5, 0.6) is 0 Å². The van der Waals surface area contributed by atoms with Crippen LogP contribution in [0, 0.1) is 0 Å². The molecule has 0 saturated heterocycles. The van der Waals surface area contributed by atoms with E-state index in [2.05, 4.69) is 10.6 Å². The van der Waals surface area contributed by atoms with Crippen LogP contribution in [0.2, 0.25) is 0 Å². The number of alkyl carbamates (subject to hydrolysis) is 1. The highest BCUT2D eigenvalue weighted by Crippen LogP contribution is 2.13. The molecular formula is C20H23N3O4S. The largest absolute Gasteiger partial charge is 0.445 e. The Morgan fingerprint density at radius 1 is 0.964 bits per heavy atom. The van der Waals surface area contributed by atoms with E-state index < -0.39 is 23.9 Å². The van der Waals surface area contributed by atoms with Crippen LogP contribution >= 0.6 is 11.8 Å². The molecule has 2 aromatic carbocycles. The van der Waals surface area contributed by atoms with Gasteiger partial charge in [-0.15, -0.1) is 0 Å². The van der Waals surface area contributed by atoms with Gasteiger partial charge in [0.25, 0.3) is 0 Å². The third-order valence-electron chi connectivity index (χ3n) is 3.65. The number of thioether (sulfide) groups is 1. The summed E-state index contributed by atoms with van der Waals surface area (Å²) in [5, 5.41) is 4.96. The molecule has 0 heterocycles. The zero-order valence-corrected chi connectivity index (χ0v) is 16.1. The number of hydrogen-bond donors (Lipinski definition) is 3. The van der Waals surface area contributed by atoms with Crippen LogP contribution in [-0.2, 0) is 26.7 Å². The van der Waals surface area contributed by atoms with Crippen LogP contribution in [0.1, 0.15) is 11.1 Å². The number of benzene rings is 2. The summed E-state index contributed by atoms with van der Waals surface area (Å²) >= 11 is 1.49. The minimum Gasteiger partial charge on any atom is -0.445 e. The van der Waals surface area contributed by atoms with Gasteiger partial charge in [-0.25, -0.2) is 4.79 Å². The minimum atomic E-state index is -0.851. The quantitative estimate of drug-likeness (QED) is 0.562. The summed E-state index contributed by atoms with van der Waals surface area (Å²) in [5.41, 5.74) is 7.01. The fourth-order valence-electron chi connectivity index (χ4n) is 2.26. The molecule has 2 rings (SSSR count). The number of nitrogens with one attached hydrogen (secondary N) is 2. The molecule has 0 spiro atoms. The van der Waals surface area contributed by atoms with Crippen molar-refractivity contribution in [3.8, 4) is 0 Å². The Labute approximate surface area is 168 Å². The second-order valence-electron chi connectivity index (χ2n) is 5.94. The molecular weight excluding hydrogens is 378 g/mol. The number of rotatable bonds is 10. The molecule has 4 N–H and O–H groups in total. The molecule has 0 radical (unpaired) electrons. The SMILES string of the molecule is NC(=O)CNC(=O)[C@H](CSCc1ccccc1)NC(=O)OCc1ccccc1. The first-order valence-corrected chi connectivity index (χ1v) is 9.85. The van der Waals surface area contributed by atoms with Crippen molar-refractivity contribution in [2.24, 2.45) is 5.73 Å². The molecule has 0 aliphatic heterocycles. The Morgan fingerprint density at radius 3 is 2.18 bits per heavy atom. The number of carbonyl (C=O) groups is 3. The molecule has 0 aliphatic carbocycles. The van der Waals surface area contributed by atoms with Gasteiger partial charge >= 0.3 is 6.09 Å². The molecule has 0 bridgehead atoms. The molecule has 1 atom stereocenters. The Kier molecular flexibility index (Phi) is 8.87. The maximum Gasteiger partial charge on any atom is 0.408 e. The number of nitrogens with two attached hydrogens (primary N) is 1. The molecule has 2 aromatic rings. The van der Waals surface area contributed by atoms with Gasteiger partial charge in [-0.3, -0.25) is 9.59 Å². The summed E-state index contributed by atoms with van der Waals surface area (Å²) in [7, 11) is 0. The predicted octanol–water partition coefficient (Wildman–Crippen LogP) is 1.82. The average Bonchev–Trinajstić information content (AvgIpc) is 2.71. The molecule has 0 saturated carbocycles. The molecule has 148 valence electrons. The lowest BCUT2D eigenvalue weighted by molar-refractivity contribution is -0.125. The molecule has 28 heavy (non-hydrogen) atoms. The topological polar surface area (TPSA) is 111 Å². The van der Waals surface area contributed by atoms with Crippen LogP contribution in [0.3, 0.4) is 0 Å². The highest BCUT2D eigenvalue weighted by molar-refractivity contribution is 7.98. The van der Waals surface area contributed by atoms with Gasteiger partial charge in [-0.2, -0.15) is 11.8 Å². The van der Waals surface area contributed by atoms with E-state index >= 15 is 0 Å². The minimum absolute atomic E-state index is 0.0967. The Balaban J connectivity index is 1.87. The summed E-state index contributed by atoms with van der Waals surface area (Å²) in [5.74, 6) is -0.145. The van der Waals surface area contributed by atoms with Crippen molar-refractivity contribution in [1.82, 2.24) is 10.6 Å². The number of primary amides is 1. The van der Waals surface area contributed by atoms with Gasteiger partial charge in [0.05, 0.1) is 6.54 Å². The van der Waals surface area contributed by atoms with Gasteiger partial charge in [0, 0.05) is 11.5 Å². The van der Waals surface area contributed by atoms with Crippen molar-refractivity contribution < 1.29 is 19.1 Å². The van der Waals surface area contributed by atoms with E-state index in [4.69, 9.17) is 10.5 Å². The van der Waals surface area contributed by atoms with Crippen molar-refractivity contribution in [2.45, 2.75) is 18.4 Å². The van der Waals surface area contributed by atoms with E-state index in [1.54, 1.807) is 0 Å². The van der Waals surface area contributed by atoms with Crippen molar-refractivity contribution in [1.29, 1.82) is 0 Å². The van der Waals surface area contributed by atoms with Crippen LogP contribution in [0.15, 0.2) is 60.7 Å². The van der Waals surface area contributed by atoms with Gasteiger partial charge < -0.3 is 21.1 Å². The van der Waals surface area contributed by atoms with E-state index in [0.717, 1.165) is 11.1 Å². The lowest BCUT2D eigenvalue weighted by Gasteiger charge is -2.18. The van der Waals surface area contributed by atoms with Crippen molar-refractivity contribution in [2.75, 3.05) is 12.3 Å². The van der Waals surface area contributed by atoms with Crippen molar-refractivity contribution in [3.05, 3.63) is 71.8 Å². The molecule has 0 aromatic heterocycles. The molecule has 8 heteroatoms. The van der Waals surface area contributed by atoms with Gasteiger partial charge in [0.2, 0.25) is 11.8 Å². The van der Waals surface area contributed by atoms with Gasteiger partial charge in [0.15, 0.2) is 0 Å². The molecule has 7 nitrogen and oxygen atoms in total. The zero-order valence-electron chi connectivity index (χ0n) is 15.3. The lowest BCUT2D eigenvalue weighted by atomic mass is 10.2. The van der Waals surface area contributed by atoms with Crippen molar-refractivity contribution >= 4 is 29.7 Å². The summed E-state index contributed by atoms with van der Waals surface area (Å²) < 4.78 is 5.17. The van der Waals surface area contributed by atoms with Crippen LogP contribution in [0.25, 0.3) is 0 Å². The van der Waals surface area contributed by atoms with Gasteiger partial charge in [0.1, 0.15) is 12.6 Å². The second kappa shape index (κ2) is 11.7. The lowest BCUT2D eigenvalue weighted by Crippen LogP contribution is -2.50. The fourth-order valence-corrected chi connectivity index (χ4v) is 3.27. The molecule has 3 amide bonds. The van der Waals surface area contributed by atoms with Gasteiger partial charge in [-0.05, 0) is 11.1 Å². The first-order chi connectivity index (χ1) is 13.5. The highest BCUT2D eigenvalue weighted by Gasteiger charge is 2.22. The Bertz CT molecular complexity index is 772. The number of carbonyl (C=O) groups excluding carboxylic acids is 3. The van der Waals surface area contributed by atoms with Gasteiger partial charge in [-0.1, -0.05) is 60.7 Å². The van der Waals surface area contributed by atoms with E-state index in [0.29, 0.717) is 11.5 Å². The molecule has 0 unspecified atom stereocenters. The predicted molar refractivity (Wildman–Crippen MR) is 108 cm³/mol. The molecule has 0 fully saturated rings. The average molecular weight is 401 g/mol. The Morgan fingerprint density at radius 2 is 1.57 bits per heavy atom. The summed E-state index contributed by atoms with van der Waals surface area (Å²) in [4.78, 5) is 35.3. The normalized spacial score (nSPS) is 11.3. The highest BCUT2D eigenvalue weighted by atomic mass is 32.2. The second-order valence-corrected chi connectivity index (χ2v) is 6.97. The summed E-state index contributed by atoms with van der Waals surface area (Å²) in [6.07, 6.45) is -0.705. The summed E-state index contributed by atoms with van der Waals surface area (Å²) in [6, 6.07) is 18.1. The van der Waals surface area contributed by atoms with E-state index in [1.165, 1.54) is 11.8 Å².